The minimum atomic E-state index is 0. The van der Waals surface area contributed by atoms with Gasteiger partial charge in [0.25, 0.3) is 0 Å². The molecule has 2 bridgehead atoms. The van der Waals surface area contributed by atoms with E-state index in [0.29, 0.717) is 18.4 Å². The summed E-state index contributed by atoms with van der Waals surface area (Å²) < 4.78 is 0. The van der Waals surface area contributed by atoms with Gasteiger partial charge in [-0.2, -0.15) is 0 Å². The Bertz CT molecular complexity index is 363. The monoisotopic (exact) mass is 314 g/mol. The molecule has 21 heavy (non-hydrogen) atoms. The molecule has 0 heterocycles. The van der Waals surface area contributed by atoms with Gasteiger partial charge in [0.2, 0.25) is 5.91 Å². The molecule has 3 fully saturated rings. The highest BCUT2D eigenvalue weighted by Crippen LogP contribution is 2.49. The maximum Gasteiger partial charge on any atom is 0.220 e. The summed E-state index contributed by atoms with van der Waals surface area (Å²) in [5, 5.41) is 3.28. The van der Waals surface area contributed by atoms with Crippen molar-refractivity contribution in [3.8, 4) is 0 Å². The van der Waals surface area contributed by atoms with Crippen molar-refractivity contribution < 1.29 is 4.79 Å². The molecule has 3 rings (SSSR count). The fourth-order valence-electron chi connectivity index (χ4n) is 5.05. The first-order chi connectivity index (χ1) is 9.63. The molecule has 3 N–H and O–H groups in total. The molecule has 3 nitrogen and oxygen atoms in total. The van der Waals surface area contributed by atoms with Crippen molar-refractivity contribution in [3.63, 3.8) is 0 Å². The number of nitrogens with two attached hydrogens (primary N) is 1. The maximum absolute atomic E-state index is 12.3. The van der Waals surface area contributed by atoms with E-state index in [-0.39, 0.29) is 24.4 Å². The average Bonchev–Trinajstić information content (AvgIpc) is 3.03. The van der Waals surface area contributed by atoms with Crippen molar-refractivity contribution in [3.05, 3.63) is 0 Å². The van der Waals surface area contributed by atoms with Crippen LogP contribution in [0.25, 0.3) is 0 Å². The number of halogens is 1. The third-order valence-corrected chi connectivity index (χ3v) is 6.24. The van der Waals surface area contributed by atoms with E-state index in [1.807, 2.05) is 0 Å². The van der Waals surface area contributed by atoms with Crippen LogP contribution in [0.2, 0.25) is 0 Å². The van der Waals surface area contributed by atoms with Gasteiger partial charge in [0, 0.05) is 18.5 Å². The Hall–Kier alpha value is -0.280. The molecule has 4 heteroatoms. The molecular formula is C17H31ClN2O. The number of nitrogens with one attached hydrogen (secondary N) is 1. The highest BCUT2D eigenvalue weighted by molar-refractivity contribution is 5.85. The first-order valence-corrected chi connectivity index (χ1v) is 8.68. The lowest BCUT2D eigenvalue weighted by molar-refractivity contribution is -0.123. The molecule has 0 aromatic carbocycles. The van der Waals surface area contributed by atoms with Gasteiger partial charge in [0.15, 0.2) is 0 Å². The van der Waals surface area contributed by atoms with Gasteiger partial charge in [-0.3, -0.25) is 4.79 Å². The number of carbonyl (C=O) groups is 1. The molecule has 6 unspecified atom stereocenters. The lowest BCUT2D eigenvalue weighted by atomic mass is 9.82. The van der Waals surface area contributed by atoms with Crippen molar-refractivity contribution in [1.82, 2.24) is 5.32 Å². The van der Waals surface area contributed by atoms with E-state index >= 15 is 0 Å². The Balaban J connectivity index is 0.00000161. The summed E-state index contributed by atoms with van der Waals surface area (Å²) >= 11 is 0. The minimum absolute atomic E-state index is 0. The number of hydrogen-bond acceptors (Lipinski definition) is 2. The van der Waals surface area contributed by atoms with Crippen LogP contribution in [-0.4, -0.2) is 18.0 Å². The molecule has 0 spiro atoms. The molecule has 3 aliphatic rings. The fourth-order valence-corrected chi connectivity index (χ4v) is 5.05. The predicted molar refractivity (Wildman–Crippen MR) is 88.3 cm³/mol. The van der Waals surface area contributed by atoms with Crippen molar-refractivity contribution in [1.29, 1.82) is 0 Å². The predicted octanol–water partition coefficient (Wildman–Crippen LogP) is 3.26. The number of amides is 1. The van der Waals surface area contributed by atoms with Crippen LogP contribution in [-0.2, 0) is 4.79 Å². The fraction of sp³-hybridized carbons (Fsp3) is 0.941. The first-order valence-electron chi connectivity index (χ1n) is 8.68. The van der Waals surface area contributed by atoms with E-state index < -0.39 is 0 Å². The maximum atomic E-state index is 12.3. The van der Waals surface area contributed by atoms with E-state index in [2.05, 4.69) is 12.2 Å². The van der Waals surface area contributed by atoms with Crippen LogP contribution in [0.1, 0.15) is 64.7 Å². The second-order valence-electron chi connectivity index (χ2n) is 7.61. The molecule has 1 amide bonds. The molecule has 0 saturated heterocycles. The third kappa shape index (κ3) is 3.92. The van der Waals surface area contributed by atoms with Gasteiger partial charge in [-0.1, -0.05) is 19.3 Å². The number of fused-ring (bicyclic) bond motifs is 2. The van der Waals surface area contributed by atoms with Crippen molar-refractivity contribution >= 4 is 18.3 Å². The molecule has 122 valence electrons. The van der Waals surface area contributed by atoms with Gasteiger partial charge in [-0.15, -0.1) is 12.4 Å². The lowest BCUT2D eigenvalue weighted by Gasteiger charge is -2.31. The summed E-state index contributed by atoms with van der Waals surface area (Å²) in [7, 11) is 0. The number of hydrogen-bond donors (Lipinski definition) is 2. The molecule has 3 saturated carbocycles. The van der Waals surface area contributed by atoms with Gasteiger partial charge >= 0.3 is 0 Å². The zero-order valence-electron chi connectivity index (χ0n) is 13.2. The summed E-state index contributed by atoms with van der Waals surface area (Å²) in [5.74, 6) is 3.22. The summed E-state index contributed by atoms with van der Waals surface area (Å²) in [5.41, 5.74) is 6.15. The van der Waals surface area contributed by atoms with E-state index in [4.69, 9.17) is 5.73 Å². The quantitative estimate of drug-likeness (QED) is 0.837. The topological polar surface area (TPSA) is 55.1 Å². The van der Waals surface area contributed by atoms with Crippen LogP contribution in [0.4, 0.5) is 0 Å². The normalized spacial score (nSPS) is 39.6. The second-order valence-corrected chi connectivity index (χ2v) is 7.61. The zero-order chi connectivity index (χ0) is 14.1. The Morgan fingerprint density at radius 2 is 1.95 bits per heavy atom. The minimum Gasteiger partial charge on any atom is -0.353 e. The van der Waals surface area contributed by atoms with Crippen molar-refractivity contribution in [2.45, 2.75) is 76.8 Å². The number of carbonyl (C=O) groups excluding carboxylic acids is 1. The second kappa shape index (κ2) is 7.32. The summed E-state index contributed by atoms with van der Waals surface area (Å²) in [6.45, 7) is 2.21. The molecule has 0 aromatic heterocycles. The van der Waals surface area contributed by atoms with E-state index in [1.54, 1.807) is 0 Å². The van der Waals surface area contributed by atoms with E-state index in [0.717, 1.165) is 30.6 Å². The largest absolute Gasteiger partial charge is 0.353 e. The molecular weight excluding hydrogens is 284 g/mol. The smallest absolute Gasteiger partial charge is 0.220 e. The highest BCUT2D eigenvalue weighted by atomic mass is 35.5. The van der Waals surface area contributed by atoms with Gasteiger partial charge in [-0.05, 0) is 62.7 Å². The summed E-state index contributed by atoms with van der Waals surface area (Å²) in [4.78, 5) is 12.3. The van der Waals surface area contributed by atoms with Crippen LogP contribution < -0.4 is 11.1 Å². The van der Waals surface area contributed by atoms with Gasteiger partial charge in [0.1, 0.15) is 0 Å². The van der Waals surface area contributed by atoms with Crippen LogP contribution in [0.5, 0.6) is 0 Å². The molecule has 0 aromatic rings. The highest BCUT2D eigenvalue weighted by Gasteiger charge is 2.42. The van der Waals surface area contributed by atoms with Crippen molar-refractivity contribution in [2.24, 2.45) is 29.4 Å². The van der Waals surface area contributed by atoms with E-state index in [9.17, 15) is 4.79 Å². The Morgan fingerprint density at radius 1 is 1.19 bits per heavy atom. The van der Waals surface area contributed by atoms with Crippen LogP contribution in [0, 0.1) is 23.7 Å². The van der Waals surface area contributed by atoms with Gasteiger partial charge < -0.3 is 11.1 Å². The summed E-state index contributed by atoms with van der Waals surface area (Å²) in [6, 6.07) is 0.602. The van der Waals surface area contributed by atoms with E-state index in [1.165, 1.54) is 38.5 Å². The van der Waals surface area contributed by atoms with Crippen LogP contribution >= 0.6 is 12.4 Å². The zero-order valence-corrected chi connectivity index (χ0v) is 14.0. The molecule has 6 atom stereocenters. The average molecular weight is 315 g/mol. The molecule has 0 aliphatic heterocycles. The van der Waals surface area contributed by atoms with Crippen LogP contribution in [0.15, 0.2) is 0 Å². The SMILES string of the molecule is CC(NC(=O)CC1CCCCC1N)C1CC2CCC1C2.Cl. The standard InChI is InChI=1S/C17H30N2O.ClH/c1-11(15-9-12-6-7-13(15)8-12)19-17(20)10-14-4-2-3-5-16(14)18;/h11-16H,2-10,18H2,1H3,(H,19,20);1H. The van der Waals surface area contributed by atoms with Crippen LogP contribution in [0.3, 0.4) is 0 Å². The Kier molecular flexibility index (Phi) is 5.96. The molecule has 0 radical (unpaired) electrons. The summed E-state index contributed by atoms with van der Waals surface area (Å²) in [6.07, 6.45) is 10.9. The van der Waals surface area contributed by atoms with Gasteiger partial charge in [-0.25, -0.2) is 0 Å². The third-order valence-electron chi connectivity index (χ3n) is 6.24. The lowest BCUT2D eigenvalue weighted by Crippen LogP contribution is -2.43. The van der Waals surface area contributed by atoms with Crippen molar-refractivity contribution in [2.75, 3.05) is 0 Å². The Morgan fingerprint density at radius 3 is 2.57 bits per heavy atom. The number of rotatable bonds is 4. The molecule has 3 aliphatic carbocycles. The van der Waals surface area contributed by atoms with Gasteiger partial charge in [0.05, 0.1) is 0 Å². The first kappa shape index (κ1) is 17.1. The Labute approximate surface area is 135 Å².